The van der Waals surface area contributed by atoms with Crippen molar-refractivity contribution in [3.63, 3.8) is 0 Å². The lowest BCUT2D eigenvalue weighted by atomic mass is 9.91. The number of hydrogen-bond donors (Lipinski definition) is 0. The molecule has 1 aliphatic heterocycles. The summed E-state index contributed by atoms with van der Waals surface area (Å²) in [6.07, 6.45) is 5.42. The first-order valence-corrected chi connectivity index (χ1v) is 4.16. The second kappa shape index (κ2) is 2.45. The Hall–Kier alpha value is -0.630. The van der Waals surface area contributed by atoms with Crippen LogP contribution in [0.25, 0.3) is 0 Å². The Balaban J connectivity index is 2.24. The van der Waals surface area contributed by atoms with Crippen molar-refractivity contribution in [1.82, 2.24) is 4.90 Å². The van der Waals surface area contributed by atoms with Crippen LogP contribution in [0.5, 0.6) is 0 Å². The van der Waals surface area contributed by atoms with Crippen molar-refractivity contribution in [3.05, 3.63) is 11.6 Å². The molecule has 1 aliphatic carbocycles. The largest absolute Gasteiger partial charge is 0.299 e. The second-order valence-corrected chi connectivity index (χ2v) is 3.61. The van der Waals surface area contributed by atoms with Gasteiger partial charge in [-0.15, -0.1) is 0 Å². The van der Waals surface area contributed by atoms with E-state index in [0.717, 1.165) is 24.2 Å². The summed E-state index contributed by atoms with van der Waals surface area (Å²) in [5.41, 5.74) is 1.00. The molecular weight excluding hydrogens is 138 g/mol. The fourth-order valence-corrected chi connectivity index (χ4v) is 2.23. The Morgan fingerprint density at radius 3 is 3.27 bits per heavy atom. The van der Waals surface area contributed by atoms with E-state index in [9.17, 15) is 4.79 Å². The molecule has 1 fully saturated rings. The highest BCUT2D eigenvalue weighted by Gasteiger charge is 2.34. The third kappa shape index (κ3) is 1.02. The average molecular weight is 151 g/mol. The Labute approximate surface area is 66.9 Å². The van der Waals surface area contributed by atoms with Crippen LogP contribution in [0.2, 0.25) is 0 Å². The Kier molecular flexibility index (Phi) is 1.57. The quantitative estimate of drug-likeness (QED) is 0.517. The maximum atomic E-state index is 10.6. The maximum absolute atomic E-state index is 10.6. The lowest BCUT2D eigenvalue weighted by Crippen LogP contribution is -2.27. The zero-order valence-corrected chi connectivity index (χ0v) is 6.79. The minimum absolute atomic E-state index is 0.436. The Morgan fingerprint density at radius 1 is 1.73 bits per heavy atom. The minimum Gasteiger partial charge on any atom is -0.299 e. The van der Waals surface area contributed by atoms with Gasteiger partial charge in [-0.3, -0.25) is 9.69 Å². The summed E-state index contributed by atoms with van der Waals surface area (Å²) in [4.78, 5) is 12.9. The summed E-state index contributed by atoms with van der Waals surface area (Å²) >= 11 is 0. The van der Waals surface area contributed by atoms with Gasteiger partial charge in [0.2, 0.25) is 0 Å². The summed E-state index contributed by atoms with van der Waals surface area (Å²) < 4.78 is 0. The van der Waals surface area contributed by atoms with E-state index in [0.29, 0.717) is 6.04 Å². The first-order valence-electron chi connectivity index (χ1n) is 4.16. The predicted octanol–water partition coefficient (Wildman–Crippen LogP) is 0.836. The molecule has 0 radical (unpaired) electrons. The first kappa shape index (κ1) is 7.04. The normalized spacial score (nSPS) is 37.0. The van der Waals surface area contributed by atoms with Gasteiger partial charge >= 0.3 is 0 Å². The molecule has 2 bridgehead atoms. The highest BCUT2D eigenvalue weighted by Crippen LogP contribution is 2.33. The first-order chi connectivity index (χ1) is 5.31. The molecule has 2 nitrogen and oxygen atoms in total. The van der Waals surface area contributed by atoms with Crippen LogP contribution in [0.3, 0.4) is 0 Å². The fourth-order valence-electron chi connectivity index (χ4n) is 2.23. The van der Waals surface area contributed by atoms with Crippen molar-refractivity contribution in [3.8, 4) is 0 Å². The zero-order valence-electron chi connectivity index (χ0n) is 6.79. The summed E-state index contributed by atoms with van der Waals surface area (Å²) in [5, 5.41) is 0. The summed E-state index contributed by atoms with van der Waals surface area (Å²) in [6, 6.07) is 0.436. The van der Waals surface area contributed by atoms with E-state index >= 15 is 0 Å². The average Bonchev–Trinajstić information content (AvgIpc) is 2.30. The molecule has 0 aromatic heterocycles. The molecule has 0 N–H and O–H groups in total. The van der Waals surface area contributed by atoms with Crippen molar-refractivity contribution in [1.29, 1.82) is 0 Å². The van der Waals surface area contributed by atoms with E-state index in [1.165, 1.54) is 13.0 Å². The third-order valence-corrected chi connectivity index (χ3v) is 2.84. The van der Waals surface area contributed by atoms with Gasteiger partial charge in [-0.25, -0.2) is 0 Å². The molecule has 2 aliphatic rings. The van der Waals surface area contributed by atoms with E-state index in [1.807, 2.05) is 0 Å². The van der Waals surface area contributed by atoms with Crippen molar-refractivity contribution in [2.75, 3.05) is 13.6 Å². The Morgan fingerprint density at radius 2 is 2.55 bits per heavy atom. The van der Waals surface area contributed by atoms with Crippen LogP contribution >= 0.6 is 0 Å². The maximum Gasteiger partial charge on any atom is 0.147 e. The molecule has 1 saturated heterocycles. The molecule has 2 atom stereocenters. The predicted molar refractivity (Wildman–Crippen MR) is 43.3 cm³/mol. The number of aldehydes is 1. The summed E-state index contributed by atoms with van der Waals surface area (Å²) in [7, 11) is 2.10. The van der Waals surface area contributed by atoms with E-state index in [4.69, 9.17) is 0 Å². The number of rotatable bonds is 1. The molecule has 1 heterocycles. The smallest absolute Gasteiger partial charge is 0.147 e. The van der Waals surface area contributed by atoms with Gasteiger partial charge in [0.05, 0.1) is 0 Å². The van der Waals surface area contributed by atoms with Crippen LogP contribution in [0, 0.1) is 5.92 Å². The van der Waals surface area contributed by atoms with Crippen LogP contribution in [0.15, 0.2) is 11.6 Å². The molecule has 0 saturated carbocycles. The van der Waals surface area contributed by atoms with Gasteiger partial charge in [-0.2, -0.15) is 0 Å². The molecule has 0 aromatic rings. The molecule has 11 heavy (non-hydrogen) atoms. The van der Waals surface area contributed by atoms with Gasteiger partial charge in [0, 0.05) is 18.2 Å². The number of carbonyl (C=O) groups is 1. The number of hydrogen-bond acceptors (Lipinski definition) is 2. The van der Waals surface area contributed by atoms with Crippen LogP contribution in [0.4, 0.5) is 0 Å². The number of carbonyl (C=O) groups excluding carboxylic acids is 1. The number of allylic oxidation sites excluding steroid dienone is 1. The number of nitrogens with zero attached hydrogens (tertiary/aromatic N) is 1. The number of likely N-dealkylation sites (tertiary alicyclic amines) is 1. The summed E-state index contributed by atoms with van der Waals surface area (Å²) in [6.45, 7) is 1.17. The minimum atomic E-state index is 0.436. The van der Waals surface area contributed by atoms with E-state index < -0.39 is 0 Å². The van der Waals surface area contributed by atoms with Gasteiger partial charge in [-0.05, 0) is 25.8 Å². The Bertz CT molecular complexity index is 210. The molecule has 0 amide bonds. The number of fused-ring (bicyclic) bond motifs is 2. The molecule has 60 valence electrons. The molecule has 2 heteroatoms. The topological polar surface area (TPSA) is 20.3 Å². The molecule has 0 spiro atoms. The highest BCUT2D eigenvalue weighted by molar-refractivity contribution is 5.75. The van der Waals surface area contributed by atoms with E-state index in [-0.39, 0.29) is 0 Å². The molecule has 0 unspecified atom stereocenters. The molecule has 0 aromatic carbocycles. The van der Waals surface area contributed by atoms with Gasteiger partial charge in [0.1, 0.15) is 6.29 Å². The molecular formula is C9H13NO. The van der Waals surface area contributed by atoms with Crippen LogP contribution < -0.4 is 0 Å². The number of likely N-dealkylation sites (N-methyl/N-ethyl adjacent to an activating group) is 1. The lowest BCUT2D eigenvalue weighted by molar-refractivity contribution is -0.105. The van der Waals surface area contributed by atoms with Crippen LogP contribution in [-0.4, -0.2) is 30.8 Å². The van der Waals surface area contributed by atoms with Gasteiger partial charge in [0.25, 0.3) is 0 Å². The van der Waals surface area contributed by atoms with E-state index in [2.05, 4.69) is 18.0 Å². The standard InChI is InChI=1S/C9H13NO/c1-10-5-7-2-3-8(6-11)9(10)4-7/h3,6-7,9H,2,4-5H2,1H3/t7-,9-/m1/s1. The van der Waals surface area contributed by atoms with Crippen molar-refractivity contribution < 1.29 is 4.79 Å². The van der Waals surface area contributed by atoms with Gasteiger partial charge in [-0.1, -0.05) is 6.08 Å². The van der Waals surface area contributed by atoms with E-state index in [1.54, 1.807) is 0 Å². The van der Waals surface area contributed by atoms with Crippen molar-refractivity contribution in [2.24, 2.45) is 5.92 Å². The van der Waals surface area contributed by atoms with Crippen molar-refractivity contribution in [2.45, 2.75) is 18.9 Å². The fraction of sp³-hybridized carbons (Fsp3) is 0.667. The zero-order chi connectivity index (χ0) is 7.84. The van der Waals surface area contributed by atoms with Crippen molar-refractivity contribution >= 4 is 6.29 Å². The monoisotopic (exact) mass is 151 g/mol. The van der Waals surface area contributed by atoms with Crippen LogP contribution in [-0.2, 0) is 4.79 Å². The SMILES string of the molecule is CN1C[C@@H]2CC=C(C=O)[C@H]1C2. The van der Waals surface area contributed by atoms with Crippen LogP contribution in [0.1, 0.15) is 12.8 Å². The summed E-state index contributed by atoms with van der Waals surface area (Å²) in [5.74, 6) is 0.814. The lowest BCUT2D eigenvalue weighted by Gasteiger charge is -2.19. The second-order valence-electron chi connectivity index (χ2n) is 3.61. The molecule has 2 rings (SSSR count). The van der Waals surface area contributed by atoms with Gasteiger partial charge in [0.15, 0.2) is 0 Å². The highest BCUT2D eigenvalue weighted by atomic mass is 16.1. The third-order valence-electron chi connectivity index (χ3n) is 2.84. The van der Waals surface area contributed by atoms with Gasteiger partial charge < -0.3 is 0 Å².